The van der Waals surface area contributed by atoms with Crippen molar-refractivity contribution in [3.63, 3.8) is 0 Å². The lowest BCUT2D eigenvalue weighted by Crippen LogP contribution is -2.30. The molecule has 0 aliphatic heterocycles. The third-order valence-electron chi connectivity index (χ3n) is 3.02. The lowest BCUT2D eigenvalue weighted by Gasteiger charge is -2.07. The second-order valence-electron chi connectivity index (χ2n) is 4.57. The van der Waals surface area contributed by atoms with Gasteiger partial charge >= 0.3 is 6.09 Å². The molecule has 0 atom stereocenters. The Morgan fingerprint density at radius 3 is 2.32 bits per heavy atom. The lowest BCUT2D eigenvalue weighted by molar-refractivity contribution is 0.0974. The monoisotopic (exact) mass is 299 g/mol. The minimum atomic E-state index is -0.625. The first-order valence-corrected chi connectivity index (χ1v) is 6.81. The number of hydrogen-bond acceptors (Lipinski definition) is 4. The summed E-state index contributed by atoms with van der Waals surface area (Å²) in [5, 5.41) is 2.44. The third-order valence-corrected chi connectivity index (χ3v) is 3.02. The molecule has 1 amide bonds. The van der Waals surface area contributed by atoms with Crippen LogP contribution in [0.5, 0.6) is 5.75 Å². The Bertz CT molecular complexity index is 623. The van der Waals surface area contributed by atoms with E-state index < -0.39 is 6.09 Å². The molecule has 2 aromatic carbocycles. The van der Waals surface area contributed by atoms with Gasteiger partial charge in [-0.05, 0) is 17.7 Å². The zero-order valence-electron chi connectivity index (χ0n) is 12.2. The van der Waals surface area contributed by atoms with Crippen molar-refractivity contribution in [1.29, 1.82) is 0 Å². The summed E-state index contributed by atoms with van der Waals surface area (Å²) in [5.41, 5.74) is 1.39. The van der Waals surface area contributed by atoms with Crippen LogP contribution in [0.2, 0.25) is 0 Å². The van der Waals surface area contributed by atoms with E-state index in [0.717, 1.165) is 11.3 Å². The SMILES string of the molecule is COc1ccc(COC(=O)NCC(=O)c2ccccc2)cc1. The van der Waals surface area contributed by atoms with Gasteiger partial charge in [0.25, 0.3) is 0 Å². The Hall–Kier alpha value is -2.82. The van der Waals surface area contributed by atoms with Crippen LogP contribution in [0.25, 0.3) is 0 Å². The summed E-state index contributed by atoms with van der Waals surface area (Å²) in [5.74, 6) is 0.573. The van der Waals surface area contributed by atoms with Crippen molar-refractivity contribution in [3.8, 4) is 5.75 Å². The molecule has 2 aromatic rings. The first-order chi connectivity index (χ1) is 10.7. The Balaban J connectivity index is 1.74. The normalized spacial score (nSPS) is 9.86. The van der Waals surface area contributed by atoms with Gasteiger partial charge in [-0.1, -0.05) is 42.5 Å². The molecule has 0 unspecified atom stereocenters. The smallest absolute Gasteiger partial charge is 0.407 e. The number of carbonyl (C=O) groups excluding carboxylic acids is 2. The minimum Gasteiger partial charge on any atom is -0.497 e. The highest BCUT2D eigenvalue weighted by Crippen LogP contribution is 2.11. The van der Waals surface area contributed by atoms with Gasteiger partial charge in [0, 0.05) is 5.56 Å². The molecule has 0 aliphatic rings. The largest absolute Gasteiger partial charge is 0.497 e. The van der Waals surface area contributed by atoms with Crippen LogP contribution in [-0.4, -0.2) is 25.5 Å². The highest BCUT2D eigenvalue weighted by atomic mass is 16.5. The summed E-state index contributed by atoms with van der Waals surface area (Å²) in [4.78, 5) is 23.4. The Morgan fingerprint density at radius 1 is 1.00 bits per heavy atom. The summed E-state index contributed by atoms with van der Waals surface area (Å²) in [6.07, 6.45) is -0.625. The van der Waals surface area contributed by atoms with Crippen molar-refractivity contribution in [2.45, 2.75) is 6.61 Å². The van der Waals surface area contributed by atoms with Crippen LogP contribution in [0, 0.1) is 0 Å². The maximum Gasteiger partial charge on any atom is 0.407 e. The Morgan fingerprint density at radius 2 is 1.68 bits per heavy atom. The summed E-state index contributed by atoms with van der Waals surface area (Å²) in [6, 6.07) is 16.0. The summed E-state index contributed by atoms with van der Waals surface area (Å²) in [7, 11) is 1.59. The maximum atomic E-state index is 11.8. The number of rotatable bonds is 6. The molecule has 0 heterocycles. The van der Waals surface area contributed by atoms with Gasteiger partial charge in [-0.25, -0.2) is 4.79 Å². The number of carbonyl (C=O) groups is 2. The van der Waals surface area contributed by atoms with E-state index >= 15 is 0 Å². The van der Waals surface area contributed by atoms with Crippen molar-refractivity contribution < 1.29 is 19.1 Å². The quantitative estimate of drug-likeness (QED) is 0.833. The number of nitrogens with one attached hydrogen (secondary N) is 1. The molecule has 0 aliphatic carbocycles. The fraction of sp³-hybridized carbons (Fsp3) is 0.176. The van der Waals surface area contributed by atoms with E-state index in [9.17, 15) is 9.59 Å². The number of hydrogen-bond donors (Lipinski definition) is 1. The zero-order valence-corrected chi connectivity index (χ0v) is 12.2. The van der Waals surface area contributed by atoms with Crippen LogP contribution in [0.1, 0.15) is 15.9 Å². The van der Waals surface area contributed by atoms with Crippen molar-refractivity contribution in [1.82, 2.24) is 5.32 Å². The number of alkyl carbamates (subject to hydrolysis) is 1. The molecule has 0 fully saturated rings. The highest BCUT2D eigenvalue weighted by molar-refractivity contribution is 5.98. The molecule has 0 aromatic heterocycles. The van der Waals surface area contributed by atoms with E-state index in [0.29, 0.717) is 5.56 Å². The fourth-order valence-electron chi connectivity index (χ4n) is 1.80. The van der Waals surface area contributed by atoms with Gasteiger partial charge in [0.05, 0.1) is 13.7 Å². The fourth-order valence-corrected chi connectivity index (χ4v) is 1.80. The van der Waals surface area contributed by atoms with Crippen molar-refractivity contribution in [2.75, 3.05) is 13.7 Å². The number of ketones is 1. The molecule has 1 N–H and O–H groups in total. The summed E-state index contributed by atoms with van der Waals surface area (Å²) < 4.78 is 10.1. The first kappa shape index (κ1) is 15.6. The highest BCUT2D eigenvalue weighted by Gasteiger charge is 2.08. The third kappa shape index (κ3) is 4.63. The zero-order chi connectivity index (χ0) is 15.8. The molecule has 2 rings (SSSR count). The van der Waals surface area contributed by atoms with E-state index in [4.69, 9.17) is 9.47 Å². The summed E-state index contributed by atoms with van der Waals surface area (Å²) in [6.45, 7) is 0.0425. The van der Waals surface area contributed by atoms with Crippen LogP contribution >= 0.6 is 0 Å². The molecule has 114 valence electrons. The van der Waals surface area contributed by atoms with E-state index in [-0.39, 0.29) is 18.9 Å². The standard InChI is InChI=1S/C17H17NO4/c1-21-15-9-7-13(8-10-15)12-22-17(20)18-11-16(19)14-5-3-2-4-6-14/h2-10H,11-12H2,1H3,(H,18,20). The average Bonchev–Trinajstić information content (AvgIpc) is 2.59. The lowest BCUT2D eigenvalue weighted by atomic mass is 10.1. The van der Waals surface area contributed by atoms with Gasteiger partial charge in [-0.15, -0.1) is 0 Å². The van der Waals surface area contributed by atoms with E-state index in [2.05, 4.69) is 5.32 Å². The molecule has 5 heteroatoms. The number of Topliss-reactive ketones (excluding diaryl/α,β-unsaturated/α-hetero) is 1. The molecule has 22 heavy (non-hydrogen) atoms. The van der Waals surface area contributed by atoms with Gasteiger partial charge in [-0.3, -0.25) is 4.79 Å². The molecule has 5 nitrogen and oxygen atoms in total. The topological polar surface area (TPSA) is 64.6 Å². The molecule has 0 spiro atoms. The molecular weight excluding hydrogens is 282 g/mol. The van der Waals surface area contributed by atoms with Gasteiger partial charge < -0.3 is 14.8 Å². The van der Waals surface area contributed by atoms with Gasteiger partial charge in [0.15, 0.2) is 5.78 Å². The Labute approximate surface area is 128 Å². The Kier molecular flexibility index (Phi) is 5.54. The van der Waals surface area contributed by atoms with Crippen molar-refractivity contribution in [2.24, 2.45) is 0 Å². The summed E-state index contributed by atoms with van der Waals surface area (Å²) >= 11 is 0. The second kappa shape index (κ2) is 7.83. The van der Waals surface area contributed by atoms with E-state index in [1.54, 1.807) is 55.6 Å². The predicted molar refractivity (Wildman–Crippen MR) is 82.0 cm³/mol. The second-order valence-corrected chi connectivity index (χ2v) is 4.57. The van der Waals surface area contributed by atoms with Gasteiger partial charge in [0.2, 0.25) is 0 Å². The average molecular weight is 299 g/mol. The van der Waals surface area contributed by atoms with E-state index in [1.807, 2.05) is 6.07 Å². The van der Waals surface area contributed by atoms with Crippen molar-refractivity contribution in [3.05, 3.63) is 65.7 Å². The molecule has 0 saturated heterocycles. The van der Waals surface area contributed by atoms with Crippen LogP contribution in [0.4, 0.5) is 4.79 Å². The van der Waals surface area contributed by atoms with Crippen molar-refractivity contribution >= 4 is 11.9 Å². The molecule has 0 bridgehead atoms. The predicted octanol–water partition coefficient (Wildman–Crippen LogP) is 2.80. The van der Waals surface area contributed by atoms with Crippen LogP contribution < -0.4 is 10.1 Å². The van der Waals surface area contributed by atoms with Crippen LogP contribution in [0.15, 0.2) is 54.6 Å². The van der Waals surface area contributed by atoms with Gasteiger partial charge in [0.1, 0.15) is 12.4 Å². The number of methoxy groups -OCH3 is 1. The molecule has 0 radical (unpaired) electrons. The number of ether oxygens (including phenoxy) is 2. The van der Waals surface area contributed by atoms with Crippen LogP contribution in [-0.2, 0) is 11.3 Å². The number of amides is 1. The molecule has 0 saturated carbocycles. The first-order valence-electron chi connectivity index (χ1n) is 6.81. The number of benzene rings is 2. The molecular formula is C17H17NO4. The van der Waals surface area contributed by atoms with E-state index in [1.165, 1.54) is 0 Å². The maximum absolute atomic E-state index is 11.8. The van der Waals surface area contributed by atoms with Gasteiger partial charge in [-0.2, -0.15) is 0 Å². The minimum absolute atomic E-state index is 0.0918. The van der Waals surface area contributed by atoms with Crippen LogP contribution in [0.3, 0.4) is 0 Å².